The summed E-state index contributed by atoms with van der Waals surface area (Å²) in [5.41, 5.74) is 0.00804. The number of nitrogens with zero attached hydrogens (tertiary/aromatic N) is 5. The van der Waals surface area contributed by atoms with E-state index in [1.807, 2.05) is 0 Å². The molecule has 0 bridgehead atoms. The molecular weight excluding hydrogens is 476 g/mol. The van der Waals surface area contributed by atoms with Crippen molar-refractivity contribution >= 4 is 23.3 Å². The zero-order valence-electron chi connectivity index (χ0n) is 18.4. The lowest BCUT2D eigenvalue weighted by atomic mass is 10.2. The van der Waals surface area contributed by atoms with Crippen LogP contribution in [0.2, 0.25) is 5.02 Å². The SMILES string of the molecule is CCn1c(=O)[nH]/c(=N\c2ccc(Oc3cncc(C(=O)O)n3)cc2)n(Cc2ccc(Cl)cc2)c1=O. The molecule has 4 rings (SSSR count). The number of aromatic nitrogens is 5. The van der Waals surface area contributed by atoms with Gasteiger partial charge >= 0.3 is 17.3 Å². The Balaban J connectivity index is 1.68. The second-order valence-electron chi connectivity index (χ2n) is 7.25. The number of ether oxygens (including phenoxy) is 1. The molecule has 0 saturated carbocycles. The third-order valence-electron chi connectivity index (χ3n) is 4.88. The predicted octanol–water partition coefficient (Wildman–Crippen LogP) is 2.57. The zero-order valence-corrected chi connectivity index (χ0v) is 19.1. The topological polar surface area (TPSA) is 144 Å². The molecule has 2 aromatic heterocycles. The Morgan fingerprint density at radius 3 is 2.46 bits per heavy atom. The number of carboxylic acids is 1. The molecule has 11 nitrogen and oxygen atoms in total. The van der Waals surface area contributed by atoms with Crippen LogP contribution in [0.3, 0.4) is 0 Å². The van der Waals surface area contributed by atoms with Gasteiger partial charge in [0, 0.05) is 11.6 Å². The quantitative estimate of drug-likeness (QED) is 0.401. The van der Waals surface area contributed by atoms with Gasteiger partial charge in [0.1, 0.15) is 5.75 Å². The number of carboxylic acid groups (broad SMARTS) is 1. The predicted molar refractivity (Wildman–Crippen MR) is 126 cm³/mol. The van der Waals surface area contributed by atoms with Gasteiger partial charge in [0.15, 0.2) is 5.69 Å². The van der Waals surface area contributed by atoms with Crippen LogP contribution in [0, 0.1) is 0 Å². The highest BCUT2D eigenvalue weighted by Crippen LogP contribution is 2.22. The van der Waals surface area contributed by atoms with Gasteiger partial charge in [-0.25, -0.2) is 28.9 Å². The van der Waals surface area contributed by atoms with E-state index in [0.29, 0.717) is 16.5 Å². The summed E-state index contributed by atoms with van der Waals surface area (Å²) >= 11 is 5.96. The van der Waals surface area contributed by atoms with Gasteiger partial charge in [-0.1, -0.05) is 23.7 Å². The molecule has 12 heteroatoms. The highest BCUT2D eigenvalue weighted by Gasteiger charge is 2.10. The molecule has 2 N–H and O–H groups in total. The van der Waals surface area contributed by atoms with Crippen LogP contribution in [0.4, 0.5) is 5.69 Å². The van der Waals surface area contributed by atoms with Crippen LogP contribution >= 0.6 is 11.6 Å². The first-order chi connectivity index (χ1) is 16.8. The number of benzene rings is 2. The number of rotatable bonds is 7. The Morgan fingerprint density at radius 2 is 1.80 bits per heavy atom. The molecule has 2 aromatic carbocycles. The van der Waals surface area contributed by atoms with Crippen LogP contribution in [0.5, 0.6) is 11.6 Å². The Bertz CT molecular complexity index is 1560. The Labute approximate surface area is 202 Å². The van der Waals surface area contributed by atoms with Crippen LogP contribution in [0.15, 0.2) is 75.5 Å². The van der Waals surface area contributed by atoms with Crippen molar-refractivity contribution in [3.05, 3.63) is 104 Å². The molecule has 0 aliphatic carbocycles. The molecule has 0 atom stereocenters. The third-order valence-corrected chi connectivity index (χ3v) is 5.13. The van der Waals surface area contributed by atoms with E-state index >= 15 is 0 Å². The number of nitrogens with one attached hydrogen (secondary N) is 1. The van der Waals surface area contributed by atoms with Crippen LogP contribution in [-0.4, -0.2) is 35.2 Å². The van der Waals surface area contributed by atoms with Crippen molar-refractivity contribution in [2.45, 2.75) is 20.0 Å². The molecule has 178 valence electrons. The minimum absolute atomic E-state index is 0.0166. The summed E-state index contributed by atoms with van der Waals surface area (Å²) in [6.45, 7) is 2.08. The molecule has 2 heterocycles. The first-order valence-electron chi connectivity index (χ1n) is 10.4. The van der Waals surface area contributed by atoms with Gasteiger partial charge in [0.25, 0.3) is 0 Å². The zero-order chi connectivity index (χ0) is 24.9. The fraction of sp³-hybridized carbons (Fsp3) is 0.130. The number of aromatic carboxylic acids is 1. The normalized spacial score (nSPS) is 11.4. The molecule has 0 aliphatic rings. The summed E-state index contributed by atoms with van der Waals surface area (Å²) in [7, 11) is 0. The highest BCUT2D eigenvalue weighted by atomic mass is 35.5. The Hall–Kier alpha value is -4.51. The molecule has 35 heavy (non-hydrogen) atoms. The van der Waals surface area contributed by atoms with E-state index in [0.717, 1.165) is 16.3 Å². The van der Waals surface area contributed by atoms with Crippen molar-refractivity contribution in [2.75, 3.05) is 0 Å². The van der Waals surface area contributed by atoms with E-state index in [2.05, 4.69) is 19.9 Å². The average molecular weight is 495 g/mol. The summed E-state index contributed by atoms with van der Waals surface area (Å²) in [5.74, 6) is -0.837. The molecule has 0 aliphatic heterocycles. The largest absolute Gasteiger partial charge is 0.476 e. The number of hydrogen-bond donors (Lipinski definition) is 2. The number of hydrogen-bond acceptors (Lipinski definition) is 7. The maximum atomic E-state index is 13.0. The number of carbonyl (C=O) groups is 1. The lowest BCUT2D eigenvalue weighted by Gasteiger charge is -2.10. The summed E-state index contributed by atoms with van der Waals surface area (Å²) in [6.07, 6.45) is 2.40. The monoisotopic (exact) mass is 494 g/mol. The number of H-pyrrole nitrogens is 1. The summed E-state index contributed by atoms with van der Waals surface area (Å²) < 4.78 is 8.00. The van der Waals surface area contributed by atoms with Gasteiger partial charge in [-0.2, -0.15) is 0 Å². The average Bonchev–Trinajstić information content (AvgIpc) is 2.84. The van der Waals surface area contributed by atoms with Crippen LogP contribution in [0.1, 0.15) is 23.0 Å². The second kappa shape index (κ2) is 10.2. The number of halogens is 1. The summed E-state index contributed by atoms with van der Waals surface area (Å²) in [6, 6.07) is 13.4. The Morgan fingerprint density at radius 1 is 1.09 bits per heavy atom. The number of aromatic amines is 1. The molecule has 0 amide bonds. The van der Waals surface area contributed by atoms with Crippen molar-refractivity contribution in [3.63, 3.8) is 0 Å². The van der Waals surface area contributed by atoms with Crippen LogP contribution in [0.25, 0.3) is 0 Å². The summed E-state index contributed by atoms with van der Waals surface area (Å²) in [5, 5.41) is 9.59. The van der Waals surface area contributed by atoms with Crippen molar-refractivity contribution in [1.82, 2.24) is 24.1 Å². The third kappa shape index (κ3) is 5.53. The molecular formula is C23H19ClN6O5. The van der Waals surface area contributed by atoms with E-state index in [1.165, 1.54) is 10.8 Å². The fourth-order valence-electron chi connectivity index (χ4n) is 3.17. The van der Waals surface area contributed by atoms with Gasteiger partial charge in [-0.15, -0.1) is 0 Å². The minimum atomic E-state index is -1.22. The Kier molecular flexibility index (Phi) is 6.88. The second-order valence-corrected chi connectivity index (χ2v) is 7.69. The molecule has 0 unspecified atom stereocenters. The van der Waals surface area contributed by atoms with Crippen LogP contribution in [-0.2, 0) is 13.1 Å². The standard InChI is InChI=1S/C23H19ClN6O5/c1-2-29-22(33)28-21(30(23(29)34)13-14-3-5-15(24)6-4-14)26-16-7-9-17(10-8-16)35-19-12-25-11-18(27-19)20(31)32/h3-12H,2,13H2,1H3,(H,31,32)(H,26,28,33). The molecule has 0 saturated heterocycles. The maximum Gasteiger partial charge on any atom is 0.356 e. The van der Waals surface area contributed by atoms with Crippen molar-refractivity contribution in [1.29, 1.82) is 0 Å². The highest BCUT2D eigenvalue weighted by molar-refractivity contribution is 6.30. The van der Waals surface area contributed by atoms with Gasteiger partial charge in [0.05, 0.1) is 24.6 Å². The molecule has 0 spiro atoms. The first kappa shape index (κ1) is 23.6. The maximum absolute atomic E-state index is 13.0. The molecule has 0 radical (unpaired) electrons. The fourth-order valence-corrected chi connectivity index (χ4v) is 3.29. The molecule has 0 fully saturated rings. The van der Waals surface area contributed by atoms with E-state index in [9.17, 15) is 14.4 Å². The van der Waals surface area contributed by atoms with E-state index in [1.54, 1.807) is 55.5 Å². The van der Waals surface area contributed by atoms with Gasteiger partial charge in [0.2, 0.25) is 11.5 Å². The lowest BCUT2D eigenvalue weighted by molar-refractivity contribution is 0.0689. The van der Waals surface area contributed by atoms with E-state index < -0.39 is 17.3 Å². The van der Waals surface area contributed by atoms with Crippen molar-refractivity contribution in [2.24, 2.45) is 4.99 Å². The molecule has 4 aromatic rings. The van der Waals surface area contributed by atoms with Gasteiger partial charge in [-0.05, 0) is 48.9 Å². The van der Waals surface area contributed by atoms with Crippen LogP contribution < -0.4 is 21.7 Å². The van der Waals surface area contributed by atoms with E-state index in [4.69, 9.17) is 21.4 Å². The smallest absolute Gasteiger partial charge is 0.356 e. The first-order valence-corrected chi connectivity index (χ1v) is 10.8. The van der Waals surface area contributed by atoms with Gasteiger partial charge in [-0.3, -0.25) is 14.5 Å². The van der Waals surface area contributed by atoms with Crippen molar-refractivity contribution < 1.29 is 14.6 Å². The van der Waals surface area contributed by atoms with Gasteiger partial charge < -0.3 is 9.84 Å². The minimum Gasteiger partial charge on any atom is -0.476 e. The summed E-state index contributed by atoms with van der Waals surface area (Å²) in [4.78, 5) is 51.2. The van der Waals surface area contributed by atoms with Crippen molar-refractivity contribution in [3.8, 4) is 11.6 Å². The van der Waals surface area contributed by atoms with E-state index in [-0.39, 0.29) is 30.3 Å². The lowest BCUT2D eigenvalue weighted by Crippen LogP contribution is -2.49.